The standard InChI is InChI=1S/2C27H21N2O.4C4H8O.Zn/c2*1-30-25-13-7-6-12-23(25)29-24-17-15-19-9-3-5-11-21(19)27(24)26-20-10-4-2-8-18(20)14-16-22(26)28;4*1-2-4-5-3-1;/h2*2-17H,28H2,1H3;4*1-4H2;/q2*-1;;;;;+2. The molecule has 11 heteroatoms. The third kappa shape index (κ3) is 15.9. The first-order valence-electron chi connectivity index (χ1n) is 28.1. The number of rotatable bonds is 8. The van der Waals surface area contributed by atoms with Crippen molar-refractivity contribution in [1.29, 1.82) is 0 Å². The minimum Gasteiger partial charge on any atom is -0.654 e. The van der Waals surface area contributed by atoms with Crippen molar-refractivity contribution < 1.29 is 47.9 Å². The van der Waals surface area contributed by atoms with Crippen molar-refractivity contribution in [2.45, 2.75) is 51.4 Å². The Morgan fingerprint density at radius 1 is 0.296 bits per heavy atom. The van der Waals surface area contributed by atoms with Gasteiger partial charge in [0.2, 0.25) is 0 Å². The molecule has 4 N–H and O–H groups in total. The normalized spacial score (nSPS) is 14.0. The van der Waals surface area contributed by atoms with Crippen LogP contribution in [0.15, 0.2) is 194 Å². The van der Waals surface area contributed by atoms with E-state index in [1.54, 1.807) is 14.2 Å². The van der Waals surface area contributed by atoms with Gasteiger partial charge in [-0.15, -0.1) is 11.4 Å². The van der Waals surface area contributed by atoms with E-state index in [2.05, 4.69) is 109 Å². The SMILES string of the molecule is C1CCOC1.C1CCOC1.C1CCOC1.C1CCOC1.COc1ccccc1[N-]c1ccc2ccccc2c1-c1c(N)ccc2ccccc12.COc1ccccc1[N-]c1ccc2ccccc2c1-c1c(N)ccc2ccccc12.[Zn+2]. The molecule has 4 saturated heterocycles. The predicted molar refractivity (Wildman–Crippen MR) is 334 cm³/mol. The molecule has 0 atom stereocenters. The molecule has 4 heterocycles. The summed E-state index contributed by atoms with van der Waals surface area (Å²) in [5.41, 5.74) is 22.0. The molecule has 0 saturated carbocycles. The molecule has 0 unspecified atom stereocenters. The van der Waals surface area contributed by atoms with Crippen molar-refractivity contribution >= 4 is 77.2 Å². The number of hydrogen-bond donors (Lipinski definition) is 2. The van der Waals surface area contributed by atoms with Gasteiger partial charge in [0.1, 0.15) is 11.5 Å². The van der Waals surface area contributed by atoms with Gasteiger partial charge in [0, 0.05) is 75.4 Å². The summed E-state index contributed by atoms with van der Waals surface area (Å²) in [4.78, 5) is 0. The van der Waals surface area contributed by atoms with Gasteiger partial charge in [-0.25, -0.2) is 0 Å². The Labute approximate surface area is 490 Å². The number of para-hydroxylation sites is 4. The molecule has 81 heavy (non-hydrogen) atoms. The molecule has 4 fully saturated rings. The Morgan fingerprint density at radius 3 is 0.840 bits per heavy atom. The fraction of sp³-hybridized carbons (Fsp3) is 0.257. The summed E-state index contributed by atoms with van der Waals surface area (Å²) in [6.07, 6.45) is 10.2. The number of nitrogens with zero attached hydrogens (tertiary/aromatic N) is 2. The summed E-state index contributed by atoms with van der Waals surface area (Å²) in [6.45, 7) is 8.00. The Kier molecular flexibility index (Phi) is 23.2. The Hall–Kier alpha value is -7.50. The molecule has 4 aliphatic rings. The molecule has 10 aromatic rings. The summed E-state index contributed by atoms with van der Waals surface area (Å²) >= 11 is 0. The molecular weight excluding hydrogens is 1060 g/mol. The monoisotopic (exact) mass is 1130 g/mol. The second-order valence-electron chi connectivity index (χ2n) is 19.7. The molecule has 0 aliphatic carbocycles. The third-order valence-electron chi connectivity index (χ3n) is 14.2. The molecule has 14 rings (SSSR count). The van der Waals surface area contributed by atoms with Gasteiger partial charge in [-0.3, -0.25) is 0 Å². The van der Waals surface area contributed by atoms with E-state index in [4.69, 9.17) is 50.5 Å². The second-order valence-corrected chi connectivity index (χ2v) is 19.7. The molecule has 0 bridgehead atoms. The van der Waals surface area contributed by atoms with Crippen molar-refractivity contribution in [1.82, 2.24) is 0 Å². The van der Waals surface area contributed by atoms with Crippen LogP contribution >= 0.6 is 0 Å². The third-order valence-corrected chi connectivity index (χ3v) is 14.2. The van der Waals surface area contributed by atoms with Crippen LogP contribution in [0.1, 0.15) is 51.4 Å². The topological polar surface area (TPSA) is 136 Å². The van der Waals surface area contributed by atoms with Crippen LogP contribution in [0.2, 0.25) is 0 Å². The van der Waals surface area contributed by atoms with E-state index in [-0.39, 0.29) is 19.5 Å². The molecule has 0 spiro atoms. The first kappa shape index (κ1) is 59.6. The summed E-state index contributed by atoms with van der Waals surface area (Å²) < 4.78 is 30.8. The maximum Gasteiger partial charge on any atom is 2.00 e. The zero-order valence-electron chi connectivity index (χ0n) is 47.0. The fourth-order valence-corrected chi connectivity index (χ4v) is 10.1. The molecule has 412 valence electrons. The molecule has 4 aliphatic heterocycles. The van der Waals surface area contributed by atoms with E-state index in [0.29, 0.717) is 0 Å². The zero-order chi connectivity index (χ0) is 55.1. The quantitative estimate of drug-likeness (QED) is 0.113. The van der Waals surface area contributed by atoms with Gasteiger partial charge in [-0.05, 0) is 130 Å². The van der Waals surface area contributed by atoms with Gasteiger partial charge < -0.3 is 50.5 Å². The van der Waals surface area contributed by atoms with Crippen molar-refractivity contribution in [3.05, 3.63) is 205 Å². The maximum absolute atomic E-state index is 6.56. The van der Waals surface area contributed by atoms with Gasteiger partial charge in [-0.1, -0.05) is 181 Å². The van der Waals surface area contributed by atoms with Crippen molar-refractivity contribution in [3.63, 3.8) is 0 Å². The van der Waals surface area contributed by atoms with E-state index >= 15 is 0 Å². The minimum atomic E-state index is 0. The Bertz CT molecular complexity index is 3270. The second kappa shape index (κ2) is 31.5. The van der Waals surface area contributed by atoms with E-state index in [0.717, 1.165) is 164 Å². The predicted octanol–water partition coefficient (Wildman–Crippen LogP) is 18.4. The average molecular weight is 1130 g/mol. The van der Waals surface area contributed by atoms with Gasteiger partial charge in [0.05, 0.1) is 14.2 Å². The number of nitrogens with two attached hydrogens (primary N) is 2. The van der Waals surface area contributed by atoms with Gasteiger partial charge in [0.15, 0.2) is 0 Å². The number of hydrogen-bond acceptors (Lipinski definition) is 8. The number of methoxy groups -OCH3 is 2. The van der Waals surface area contributed by atoms with E-state index in [9.17, 15) is 0 Å². The molecular formula is C70H74N4O6Zn. The number of anilines is 2. The smallest absolute Gasteiger partial charge is 0.654 e. The summed E-state index contributed by atoms with van der Waals surface area (Å²) in [6, 6.07) is 65.4. The van der Waals surface area contributed by atoms with Gasteiger partial charge in [0.25, 0.3) is 0 Å². The van der Waals surface area contributed by atoms with Crippen LogP contribution in [-0.2, 0) is 38.4 Å². The van der Waals surface area contributed by atoms with E-state index in [1.807, 2.05) is 84.9 Å². The zero-order valence-corrected chi connectivity index (χ0v) is 50.0. The number of benzene rings is 10. The number of fused-ring (bicyclic) bond motifs is 4. The van der Waals surface area contributed by atoms with Crippen LogP contribution in [0.3, 0.4) is 0 Å². The summed E-state index contributed by atoms with van der Waals surface area (Å²) in [5, 5.41) is 19.1. The minimum absolute atomic E-state index is 0. The van der Waals surface area contributed by atoms with Crippen molar-refractivity contribution in [2.75, 3.05) is 78.5 Å². The summed E-state index contributed by atoms with van der Waals surface area (Å²) in [5.74, 6) is 1.48. The van der Waals surface area contributed by atoms with E-state index in [1.165, 1.54) is 51.4 Å². The summed E-state index contributed by atoms with van der Waals surface area (Å²) in [7, 11) is 3.33. The molecule has 10 aromatic carbocycles. The molecule has 0 radical (unpaired) electrons. The number of ether oxygens (including phenoxy) is 6. The van der Waals surface area contributed by atoms with Crippen LogP contribution < -0.4 is 20.9 Å². The molecule has 0 amide bonds. The van der Waals surface area contributed by atoms with Gasteiger partial charge >= 0.3 is 19.5 Å². The largest absolute Gasteiger partial charge is 2.00 e. The van der Waals surface area contributed by atoms with Crippen LogP contribution in [0.5, 0.6) is 11.5 Å². The molecule has 0 aromatic heterocycles. The molecule has 10 nitrogen and oxygen atoms in total. The van der Waals surface area contributed by atoms with Crippen LogP contribution in [0, 0.1) is 0 Å². The van der Waals surface area contributed by atoms with Crippen LogP contribution in [-0.4, -0.2) is 67.1 Å². The maximum atomic E-state index is 6.56. The van der Waals surface area contributed by atoms with Crippen molar-refractivity contribution in [3.8, 4) is 33.8 Å². The van der Waals surface area contributed by atoms with Crippen LogP contribution in [0.4, 0.5) is 34.1 Å². The van der Waals surface area contributed by atoms with Crippen LogP contribution in [0.25, 0.3) is 76.0 Å². The Morgan fingerprint density at radius 2 is 0.556 bits per heavy atom. The fourth-order valence-electron chi connectivity index (χ4n) is 10.1. The first-order valence-corrected chi connectivity index (χ1v) is 28.1. The average Bonchev–Trinajstić information content (AvgIpc) is 4.41. The van der Waals surface area contributed by atoms with E-state index < -0.39 is 0 Å². The van der Waals surface area contributed by atoms with Crippen molar-refractivity contribution in [2.24, 2.45) is 0 Å². The number of nitrogen functional groups attached to an aromatic ring is 2. The Balaban J connectivity index is 0.000000156. The van der Waals surface area contributed by atoms with Gasteiger partial charge in [-0.2, -0.15) is 0 Å². The first-order chi connectivity index (χ1) is 39.5.